The second kappa shape index (κ2) is 9.86. The van der Waals surface area contributed by atoms with Crippen LogP contribution in [0.3, 0.4) is 0 Å². The van der Waals surface area contributed by atoms with E-state index in [0.717, 1.165) is 11.3 Å². The molecule has 1 aromatic heterocycles. The van der Waals surface area contributed by atoms with Crippen LogP contribution in [0.1, 0.15) is 30.4 Å². The van der Waals surface area contributed by atoms with Gasteiger partial charge in [0.05, 0.1) is 9.77 Å². The van der Waals surface area contributed by atoms with Crippen LogP contribution in [-0.2, 0) is 14.8 Å². The van der Waals surface area contributed by atoms with Crippen LogP contribution in [0.4, 0.5) is 14.9 Å². The number of hydrogen-bond donors (Lipinski definition) is 3. The maximum absolute atomic E-state index is 13.9. The molecule has 2 amide bonds. The van der Waals surface area contributed by atoms with E-state index < -0.39 is 33.4 Å². The van der Waals surface area contributed by atoms with Gasteiger partial charge in [0.1, 0.15) is 11.4 Å². The molecule has 0 spiro atoms. The van der Waals surface area contributed by atoms with E-state index in [1.54, 1.807) is 39.0 Å². The third-order valence-corrected chi connectivity index (χ3v) is 6.78. The Morgan fingerprint density at radius 2 is 1.79 bits per heavy atom. The summed E-state index contributed by atoms with van der Waals surface area (Å²) in [7, 11) is -3.88. The topological polar surface area (TPSA) is 114 Å². The Morgan fingerprint density at radius 1 is 1.06 bits per heavy atom. The lowest BCUT2D eigenvalue weighted by Gasteiger charge is -2.19. The quantitative estimate of drug-likeness (QED) is 0.429. The van der Waals surface area contributed by atoms with E-state index in [1.807, 2.05) is 0 Å². The number of fused-ring (bicyclic) bond motifs is 1. The Hall–Kier alpha value is -3.02. The third-order valence-electron chi connectivity index (χ3n) is 4.22. The van der Waals surface area contributed by atoms with E-state index in [1.165, 1.54) is 30.3 Å². The molecule has 0 aliphatic rings. The van der Waals surface area contributed by atoms with Crippen molar-refractivity contribution in [3.63, 3.8) is 0 Å². The lowest BCUT2D eigenvalue weighted by molar-refractivity contribution is 0.0528. The molecule has 3 rings (SSSR count). The molecule has 0 bridgehead atoms. The standard InChI is InChI=1S/C22H24FN3O5S2/c1-22(2,3)31-21(28)24-10-11-25-33(29,30)15-7-4-6-14(12-15)26-20(27)19-13-16-17(23)8-5-9-18(16)32-19/h4-9,12-13,25H,10-11H2,1-3H3,(H,24,28)(H,26,27). The lowest BCUT2D eigenvalue weighted by atomic mass is 10.2. The summed E-state index contributed by atoms with van der Waals surface area (Å²) in [5, 5.41) is 5.46. The normalized spacial score (nSPS) is 11.9. The summed E-state index contributed by atoms with van der Waals surface area (Å²) < 4.78 is 47.1. The highest BCUT2D eigenvalue weighted by Crippen LogP contribution is 2.28. The van der Waals surface area contributed by atoms with E-state index in [9.17, 15) is 22.4 Å². The third kappa shape index (κ3) is 6.73. The molecule has 0 atom stereocenters. The first-order chi connectivity index (χ1) is 15.4. The average molecular weight is 494 g/mol. The summed E-state index contributed by atoms with van der Waals surface area (Å²) >= 11 is 1.14. The number of benzene rings is 2. The van der Waals surface area contributed by atoms with Crippen molar-refractivity contribution < 1.29 is 27.1 Å². The molecule has 3 aromatic rings. The lowest BCUT2D eigenvalue weighted by Crippen LogP contribution is -2.37. The van der Waals surface area contributed by atoms with Gasteiger partial charge in [0.15, 0.2) is 0 Å². The van der Waals surface area contributed by atoms with E-state index in [2.05, 4.69) is 15.4 Å². The van der Waals surface area contributed by atoms with Gasteiger partial charge in [0.2, 0.25) is 10.0 Å². The van der Waals surface area contributed by atoms with Crippen molar-refractivity contribution in [3.8, 4) is 0 Å². The molecule has 33 heavy (non-hydrogen) atoms. The Balaban J connectivity index is 1.61. The Kier molecular flexibility index (Phi) is 7.35. The molecule has 176 valence electrons. The number of sulfonamides is 1. The zero-order valence-electron chi connectivity index (χ0n) is 18.3. The van der Waals surface area contributed by atoms with Crippen LogP contribution >= 0.6 is 11.3 Å². The van der Waals surface area contributed by atoms with Gasteiger partial charge in [-0.05, 0) is 57.2 Å². The molecule has 11 heteroatoms. The van der Waals surface area contributed by atoms with E-state index in [4.69, 9.17) is 4.74 Å². The van der Waals surface area contributed by atoms with Gasteiger partial charge in [-0.2, -0.15) is 0 Å². The average Bonchev–Trinajstić information content (AvgIpc) is 3.16. The second-order valence-electron chi connectivity index (χ2n) is 8.07. The maximum Gasteiger partial charge on any atom is 0.407 e. The highest BCUT2D eigenvalue weighted by atomic mass is 32.2. The fourth-order valence-corrected chi connectivity index (χ4v) is 4.87. The maximum atomic E-state index is 13.9. The number of rotatable bonds is 7. The number of thiophene rings is 1. The highest BCUT2D eigenvalue weighted by molar-refractivity contribution is 7.89. The van der Waals surface area contributed by atoms with Gasteiger partial charge in [-0.25, -0.2) is 22.3 Å². The Morgan fingerprint density at radius 3 is 2.48 bits per heavy atom. The number of anilines is 1. The van der Waals surface area contributed by atoms with Crippen molar-refractivity contribution >= 4 is 49.1 Å². The molecule has 8 nitrogen and oxygen atoms in total. The van der Waals surface area contributed by atoms with Gasteiger partial charge < -0.3 is 15.4 Å². The number of nitrogens with one attached hydrogen (secondary N) is 3. The van der Waals surface area contributed by atoms with Crippen molar-refractivity contribution in [3.05, 3.63) is 59.2 Å². The highest BCUT2D eigenvalue weighted by Gasteiger charge is 2.18. The largest absolute Gasteiger partial charge is 0.444 e. The van der Waals surface area contributed by atoms with E-state index >= 15 is 0 Å². The molecule has 0 unspecified atom stereocenters. The van der Waals surface area contributed by atoms with Crippen molar-refractivity contribution in [2.45, 2.75) is 31.3 Å². The number of carbonyl (C=O) groups excluding carboxylic acids is 2. The van der Waals surface area contributed by atoms with Gasteiger partial charge in [-0.1, -0.05) is 12.1 Å². The van der Waals surface area contributed by atoms with Crippen LogP contribution in [-0.4, -0.2) is 39.1 Å². The molecule has 2 aromatic carbocycles. The smallest absolute Gasteiger partial charge is 0.407 e. The summed E-state index contributed by atoms with van der Waals surface area (Å²) in [6.45, 7) is 5.15. The van der Waals surface area contributed by atoms with Gasteiger partial charge in [0, 0.05) is 28.9 Å². The zero-order chi connectivity index (χ0) is 24.2. The second-order valence-corrected chi connectivity index (χ2v) is 10.9. The van der Waals surface area contributed by atoms with Gasteiger partial charge in [-0.15, -0.1) is 11.3 Å². The van der Waals surface area contributed by atoms with Crippen LogP contribution in [0, 0.1) is 5.82 Å². The van der Waals surface area contributed by atoms with Crippen molar-refractivity contribution in [1.82, 2.24) is 10.0 Å². The van der Waals surface area contributed by atoms with Crippen LogP contribution < -0.4 is 15.4 Å². The number of halogens is 1. The molecule has 3 N–H and O–H groups in total. The molecular formula is C22H24FN3O5S2. The molecule has 0 radical (unpaired) electrons. The van der Waals surface area contributed by atoms with Crippen molar-refractivity contribution in [2.24, 2.45) is 0 Å². The summed E-state index contributed by atoms with van der Waals surface area (Å²) in [4.78, 5) is 24.5. The summed E-state index contributed by atoms with van der Waals surface area (Å²) in [6.07, 6.45) is -0.646. The summed E-state index contributed by atoms with van der Waals surface area (Å²) in [5.74, 6) is -0.886. The minimum atomic E-state index is -3.88. The number of hydrogen-bond acceptors (Lipinski definition) is 6. The fraction of sp³-hybridized carbons (Fsp3) is 0.273. The van der Waals surface area contributed by atoms with Crippen molar-refractivity contribution in [1.29, 1.82) is 0 Å². The van der Waals surface area contributed by atoms with E-state index in [0.29, 0.717) is 15.0 Å². The Bertz CT molecular complexity index is 1280. The molecular weight excluding hydrogens is 469 g/mol. The molecule has 0 aliphatic heterocycles. The molecule has 0 saturated heterocycles. The summed E-state index contributed by atoms with van der Waals surface area (Å²) in [6, 6.07) is 11.8. The van der Waals surface area contributed by atoms with Crippen LogP contribution in [0.2, 0.25) is 0 Å². The van der Waals surface area contributed by atoms with Crippen LogP contribution in [0.15, 0.2) is 53.4 Å². The summed E-state index contributed by atoms with van der Waals surface area (Å²) in [5.41, 5.74) is -0.383. The zero-order valence-corrected chi connectivity index (χ0v) is 19.9. The first-order valence-corrected chi connectivity index (χ1v) is 12.3. The molecule has 0 fully saturated rings. The number of alkyl carbamates (subject to hydrolysis) is 1. The fourth-order valence-electron chi connectivity index (χ4n) is 2.82. The van der Waals surface area contributed by atoms with Crippen LogP contribution in [0.25, 0.3) is 10.1 Å². The van der Waals surface area contributed by atoms with Gasteiger partial charge in [-0.3, -0.25) is 4.79 Å². The SMILES string of the molecule is CC(C)(C)OC(=O)NCCNS(=O)(=O)c1cccc(NC(=O)c2cc3c(F)cccc3s2)c1. The number of amides is 2. The number of ether oxygens (including phenoxy) is 1. The minimum Gasteiger partial charge on any atom is -0.444 e. The van der Waals surface area contributed by atoms with Gasteiger partial charge >= 0.3 is 6.09 Å². The monoisotopic (exact) mass is 493 g/mol. The first-order valence-electron chi connectivity index (χ1n) is 10.0. The first kappa shape index (κ1) is 24.6. The minimum absolute atomic E-state index is 0.0348. The predicted molar refractivity (Wildman–Crippen MR) is 126 cm³/mol. The van der Waals surface area contributed by atoms with Gasteiger partial charge in [0.25, 0.3) is 5.91 Å². The molecule has 0 aliphatic carbocycles. The number of carbonyl (C=O) groups is 2. The Labute approximate surface area is 195 Å². The molecule has 0 saturated carbocycles. The van der Waals surface area contributed by atoms with E-state index in [-0.39, 0.29) is 23.7 Å². The predicted octanol–water partition coefficient (Wildman–Crippen LogP) is 4.10. The molecule has 1 heterocycles. The van der Waals surface area contributed by atoms with Crippen LogP contribution in [0.5, 0.6) is 0 Å². The van der Waals surface area contributed by atoms with Crippen molar-refractivity contribution in [2.75, 3.05) is 18.4 Å².